The molecule has 4 nitrogen and oxygen atoms in total. The van der Waals surface area contributed by atoms with Crippen molar-refractivity contribution in [2.75, 3.05) is 5.75 Å². The lowest BCUT2D eigenvalue weighted by Crippen LogP contribution is -2.62. The summed E-state index contributed by atoms with van der Waals surface area (Å²) < 4.78 is 22.3. The highest BCUT2D eigenvalue weighted by Crippen LogP contribution is 2.69. The van der Waals surface area contributed by atoms with Crippen LogP contribution in [0.1, 0.15) is 85.5 Å². The predicted molar refractivity (Wildman–Crippen MR) is 121 cm³/mol. The van der Waals surface area contributed by atoms with Crippen LogP contribution in [-0.4, -0.2) is 36.6 Å². The molecule has 0 spiro atoms. The van der Waals surface area contributed by atoms with E-state index in [-0.39, 0.29) is 23.0 Å². The maximum absolute atomic E-state index is 11.7. The molecule has 174 valence electrons. The molecule has 3 unspecified atom stereocenters. The molecule has 2 N–H and O–H groups in total. The van der Waals surface area contributed by atoms with Gasteiger partial charge in [-0.25, -0.2) is 8.42 Å². The van der Waals surface area contributed by atoms with Gasteiger partial charge < -0.3 is 10.2 Å². The summed E-state index contributed by atoms with van der Waals surface area (Å²) in [7, 11) is -2.29. The van der Waals surface area contributed by atoms with E-state index in [1.807, 2.05) is 0 Å². The first kappa shape index (κ1) is 23.0. The molecule has 0 radical (unpaired) electrons. The molecular weight excluding hydrogens is 396 g/mol. The number of hydrogen-bond donors (Lipinski definition) is 3. The summed E-state index contributed by atoms with van der Waals surface area (Å²) in [5.74, 6) is 3.55. The van der Waals surface area contributed by atoms with E-state index < -0.39 is 10.7 Å². The zero-order valence-electron chi connectivity index (χ0n) is 19.4. The minimum Gasteiger partial charge on any atom is -0.393 e. The molecule has 11 atom stereocenters. The average molecular weight is 441 g/mol. The van der Waals surface area contributed by atoms with E-state index in [1.165, 1.54) is 25.7 Å². The second-order valence-corrected chi connectivity index (χ2v) is 13.1. The van der Waals surface area contributed by atoms with Crippen molar-refractivity contribution in [3.63, 3.8) is 0 Å². The van der Waals surface area contributed by atoms with Crippen molar-refractivity contribution >= 4 is 10.7 Å². The van der Waals surface area contributed by atoms with Crippen molar-refractivity contribution in [2.45, 2.75) is 97.7 Å². The zero-order valence-corrected chi connectivity index (χ0v) is 20.3. The van der Waals surface area contributed by atoms with Gasteiger partial charge in [0.1, 0.15) is 10.7 Å². The standard InChI is InChI=1S/C25H44O4S/c1-5-17-21-14-16(26)8-11-25(21,4)20-9-12-24(3)18(15(2)10-13-30(28)29)6-7-19(24)22(20)23(17)27/h15-23,26-27,30H,5-14H2,1-4H3/t15-,16-,17-,18-,19+,20+,21?,22-,23-,24?,25?/m1/s1. The third-order valence-electron chi connectivity index (χ3n) is 10.9. The fourth-order valence-electron chi connectivity index (χ4n) is 9.44. The molecule has 4 rings (SSSR count). The lowest BCUT2D eigenvalue weighted by atomic mass is 9.41. The Balaban J connectivity index is 1.62. The number of fused-ring (bicyclic) bond motifs is 5. The Hall–Kier alpha value is -0.130. The largest absolute Gasteiger partial charge is 0.393 e. The highest BCUT2D eigenvalue weighted by Gasteiger charge is 2.64. The van der Waals surface area contributed by atoms with Crippen LogP contribution in [0.2, 0.25) is 0 Å². The van der Waals surface area contributed by atoms with Crippen LogP contribution in [0.3, 0.4) is 0 Å². The quantitative estimate of drug-likeness (QED) is 0.559. The average Bonchev–Trinajstić information content (AvgIpc) is 3.05. The van der Waals surface area contributed by atoms with Crippen LogP contribution >= 0.6 is 0 Å². The van der Waals surface area contributed by atoms with Gasteiger partial charge in [0.05, 0.1) is 12.2 Å². The van der Waals surface area contributed by atoms with Crippen molar-refractivity contribution in [3.05, 3.63) is 0 Å². The van der Waals surface area contributed by atoms with E-state index in [4.69, 9.17) is 0 Å². The molecule has 0 amide bonds. The fraction of sp³-hybridized carbons (Fsp3) is 1.00. The molecule has 4 aliphatic carbocycles. The molecule has 0 aromatic carbocycles. The molecule has 5 heteroatoms. The van der Waals surface area contributed by atoms with Crippen LogP contribution in [0.15, 0.2) is 0 Å². The van der Waals surface area contributed by atoms with Crippen LogP contribution in [0, 0.1) is 52.3 Å². The monoisotopic (exact) mass is 440 g/mol. The second kappa shape index (κ2) is 8.33. The van der Waals surface area contributed by atoms with E-state index in [2.05, 4.69) is 27.7 Å². The molecule has 4 aliphatic rings. The van der Waals surface area contributed by atoms with Gasteiger partial charge in [-0.3, -0.25) is 0 Å². The number of thiol groups is 1. The molecule has 0 saturated heterocycles. The van der Waals surface area contributed by atoms with Gasteiger partial charge in [-0.05, 0) is 104 Å². The topological polar surface area (TPSA) is 74.6 Å². The second-order valence-electron chi connectivity index (χ2n) is 11.9. The Labute approximate surface area is 185 Å². The van der Waals surface area contributed by atoms with Gasteiger partial charge in [0, 0.05) is 5.75 Å². The first-order chi connectivity index (χ1) is 14.1. The Bertz CT molecular complexity index is 699. The van der Waals surface area contributed by atoms with Gasteiger partial charge in [0.15, 0.2) is 0 Å². The highest BCUT2D eigenvalue weighted by atomic mass is 32.2. The minimum absolute atomic E-state index is 0.195. The van der Waals surface area contributed by atoms with Gasteiger partial charge in [-0.15, -0.1) is 0 Å². The van der Waals surface area contributed by atoms with Crippen molar-refractivity contribution in [3.8, 4) is 0 Å². The summed E-state index contributed by atoms with van der Waals surface area (Å²) in [6.45, 7) is 9.43. The van der Waals surface area contributed by atoms with E-state index in [9.17, 15) is 18.6 Å². The van der Waals surface area contributed by atoms with E-state index in [0.29, 0.717) is 47.2 Å². The molecular formula is C25H44O4S. The van der Waals surface area contributed by atoms with Gasteiger partial charge >= 0.3 is 0 Å². The molecule has 0 aromatic rings. The summed E-state index contributed by atoms with van der Waals surface area (Å²) >= 11 is 0. The first-order valence-electron chi connectivity index (χ1n) is 12.6. The van der Waals surface area contributed by atoms with Gasteiger partial charge in [0.25, 0.3) is 0 Å². The SMILES string of the molecule is CC[C@@H]1C2C[C@H](O)CCC2(C)[C@H]2CCC3(C)[C@@H]([C@H](C)CC[SH](=O)=O)CC[C@H]3[C@H]2[C@@H]1O. The lowest BCUT2D eigenvalue weighted by molar-refractivity contribution is -0.203. The number of aliphatic hydroxyl groups excluding tert-OH is 2. The third kappa shape index (κ3) is 3.50. The maximum atomic E-state index is 11.7. The smallest absolute Gasteiger partial charge is 0.140 e. The molecule has 4 fully saturated rings. The molecule has 0 bridgehead atoms. The van der Waals surface area contributed by atoms with Crippen molar-refractivity contribution in [1.29, 1.82) is 0 Å². The van der Waals surface area contributed by atoms with E-state index in [0.717, 1.165) is 32.1 Å². The summed E-state index contributed by atoms with van der Waals surface area (Å²) in [5.41, 5.74) is 0.474. The van der Waals surface area contributed by atoms with Crippen molar-refractivity contribution in [2.24, 2.45) is 52.3 Å². The summed E-state index contributed by atoms with van der Waals surface area (Å²) in [5, 5.41) is 22.1. The molecule has 0 aromatic heterocycles. The summed E-state index contributed by atoms with van der Waals surface area (Å²) in [6, 6.07) is 0. The number of aliphatic hydroxyl groups is 2. The normalized spacial score (nSPS) is 51.8. The van der Waals surface area contributed by atoms with Crippen LogP contribution in [0.25, 0.3) is 0 Å². The van der Waals surface area contributed by atoms with E-state index in [1.54, 1.807) is 0 Å². The van der Waals surface area contributed by atoms with Crippen LogP contribution < -0.4 is 0 Å². The number of rotatable bonds is 5. The Kier molecular flexibility index (Phi) is 6.40. The zero-order chi connectivity index (χ0) is 21.8. The summed E-state index contributed by atoms with van der Waals surface area (Å²) in [4.78, 5) is 0. The molecule has 4 saturated carbocycles. The lowest BCUT2D eigenvalue weighted by Gasteiger charge is -2.64. The van der Waals surface area contributed by atoms with Crippen LogP contribution in [0.4, 0.5) is 0 Å². The van der Waals surface area contributed by atoms with Crippen molar-refractivity contribution in [1.82, 2.24) is 0 Å². The fourth-order valence-corrected chi connectivity index (χ4v) is 10.1. The van der Waals surface area contributed by atoms with Gasteiger partial charge in [0.2, 0.25) is 0 Å². The van der Waals surface area contributed by atoms with Gasteiger partial charge in [-0.1, -0.05) is 34.1 Å². The number of hydrogen-bond acceptors (Lipinski definition) is 4. The molecule has 0 aliphatic heterocycles. The van der Waals surface area contributed by atoms with Gasteiger partial charge in [-0.2, -0.15) is 0 Å². The summed E-state index contributed by atoms with van der Waals surface area (Å²) in [6.07, 6.45) is 8.98. The minimum atomic E-state index is -2.29. The molecule has 30 heavy (non-hydrogen) atoms. The molecule has 0 heterocycles. The maximum Gasteiger partial charge on any atom is 0.140 e. The van der Waals surface area contributed by atoms with Crippen molar-refractivity contribution < 1.29 is 18.6 Å². The Morgan fingerprint density at radius 1 is 0.967 bits per heavy atom. The van der Waals surface area contributed by atoms with Crippen LogP contribution in [0.5, 0.6) is 0 Å². The van der Waals surface area contributed by atoms with E-state index >= 15 is 0 Å². The third-order valence-corrected chi connectivity index (χ3v) is 11.5. The highest BCUT2D eigenvalue weighted by molar-refractivity contribution is 7.72. The van der Waals surface area contributed by atoms with Crippen LogP contribution in [-0.2, 0) is 10.7 Å². The Morgan fingerprint density at radius 2 is 1.63 bits per heavy atom. The first-order valence-corrected chi connectivity index (χ1v) is 14.0. The predicted octanol–water partition coefficient (Wildman–Crippen LogP) is 4.25. The Morgan fingerprint density at radius 3 is 2.30 bits per heavy atom.